The highest BCUT2D eigenvalue weighted by molar-refractivity contribution is 6.32. The largest absolute Gasteiger partial charge is 0.484 e. The van der Waals surface area contributed by atoms with E-state index in [0.29, 0.717) is 17.2 Å². The molecular weight excluding hydrogens is 419 g/mol. The molecule has 0 fully saturated rings. The van der Waals surface area contributed by atoms with Gasteiger partial charge in [-0.25, -0.2) is 4.39 Å². The van der Waals surface area contributed by atoms with Crippen LogP contribution >= 0.6 is 11.6 Å². The van der Waals surface area contributed by atoms with Crippen molar-refractivity contribution in [3.8, 4) is 5.75 Å². The predicted octanol–water partition coefficient (Wildman–Crippen LogP) is 4.81. The molecule has 0 aliphatic rings. The molecule has 0 heterocycles. The summed E-state index contributed by atoms with van der Waals surface area (Å²) in [5.74, 6) is -0.385. The third-order valence-electron chi connectivity index (χ3n) is 4.86. The molecule has 1 N–H and O–H groups in total. The normalized spacial score (nSPS) is 11.9. The molecule has 0 bridgehead atoms. The maximum absolute atomic E-state index is 13.3. The fourth-order valence-electron chi connectivity index (χ4n) is 3.30. The highest BCUT2D eigenvalue weighted by Gasteiger charge is 2.29. The number of rotatable bonds is 9. The van der Waals surface area contributed by atoms with Crippen LogP contribution < -0.4 is 10.1 Å². The topological polar surface area (TPSA) is 58.6 Å². The van der Waals surface area contributed by atoms with Crippen LogP contribution in [0.5, 0.6) is 5.75 Å². The summed E-state index contributed by atoms with van der Waals surface area (Å²) in [6.07, 6.45) is 0.435. The van der Waals surface area contributed by atoms with E-state index in [-0.39, 0.29) is 36.8 Å². The Morgan fingerprint density at radius 1 is 1.13 bits per heavy atom. The van der Waals surface area contributed by atoms with Gasteiger partial charge in [0.2, 0.25) is 5.91 Å². The van der Waals surface area contributed by atoms with E-state index < -0.39 is 6.04 Å². The van der Waals surface area contributed by atoms with Gasteiger partial charge in [-0.1, -0.05) is 30.7 Å². The Balaban J connectivity index is 2.23. The van der Waals surface area contributed by atoms with Crippen molar-refractivity contribution in [3.05, 3.63) is 63.9 Å². The third-order valence-corrected chi connectivity index (χ3v) is 5.45. The first kappa shape index (κ1) is 24.7. The maximum atomic E-state index is 13.3. The number of nitrogens with zero attached hydrogens (tertiary/aromatic N) is 1. The van der Waals surface area contributed by atoms with Gasteiger partial charge >= 0.3 is 0 Å². The Morgan fingerprint density at radius 3 is 2.23 bits per heavy atom. The van der Waals surface area contributed by atoms with E-state index in [1.165, 1.54) is 17.0 Å². The van der Waals surface area contributed by atoms with Gasteiger partial charge in [0.05, 0.1) is 0 Å². The van der Waals surface area contributed by atoms with Crippen LogP contribution in [0.1, 0.15) is 43.9 Å². The van der Waals surface area contributed by atoms with Gasteiger partial charge in [0.15, 0.2) is 6.61 Å². The van der Waals surface area contributed by atoms with Crippen molar-refractivity contribution in [2.24, 2.45) is 0 Å². The second-order valence-electron chi connectivity index (χ2n) is 7.90. The van der Waals surface area contributed by atoms with Gasteiger partial charge in [-0.2, -0.15) is 0 Å². The third kappa shape index (κ3) is 6.96. The fraction of sp³-hybridized carbons (Fsp3) is 0.417. The molecule has 0 aromatic heterocycles. The molecule has 5 nitrogen and oxygen atoms in total. The molecule has 0 radical (unpaired) electrons. The standard InChI is InChI=1S/C24H30ClFN2O3/c1-6-21(24(30)27-15(2)3)28(13-18-7-9-19(26)10-8-18)22(29)14-31-20-11-16(4)23(25)17(5)12-20/h7-12,15,21H,6,13-14H2,1-5H3,(H,27,30)/t21-/m1/s1. The molecule has 2 amide bonds. The zero-order chi connectivity index (χ0) is 23.1. The highest BCUT2D eigenvalue weighted by Crippen LogP contribution is 2.26. The van der Waals surface area contributed by atoms with Crippen molar-refractivity contribution in [1.29, 1.82) is 0 Å². The van der Waals surface area contributed by atoms with Crippen LogP contribution in [0.25, 0.3) is 0 Å². The summed E-state index contributed by atoms with van der Waals surface area (Å²) in [7, 11) is 0. The van der Waals surface area contributed by atoms with Crippen LogP contribution in [0.3, 0.4) is 0 Å². The number of hydrogen-bond acceptors (Lipinski definition) is 3. The van der Waals surface area contributed by atoms with Crippen molar-refractivity contribution in [1.82, 2.24) is 10.2 Å². The molecule has 0 saturated carbocycles. The Morgan fingerprint density at radius 2 is 1.71 bits per heavy atom. The van der Waals surface area contributed by atoms with Crippen molar-refractivity contribution < 1.29 is 18.7 Å². The smallest absolute Gasteiger partial charge is 0.261 e. The van der Waals surface area contributed by atoms with E-state index in [2.05, 4.69) is 5.32 Å². The fourth-order valence-corrected chi connectivity index (χ4v) is 3.41. The summed E-state index contributed by atoms with van der Waals surface area (Å²) in [6, 6.07) is 8.71. The highest BCUT2D eigenvalue weighted by atomic mass is 35.5. The lowest BCUT2D eigenvalue weighted by atomic mass is 10.1. The summed E-state index contributed by atoms with van der Waals surface area (Å²) in [5.41, 5.74) is 2.44. The van der Waals surface area contributed by atoms with Gasteiger partial charge in [-0.15, -0.1) is 0 Å². The molecule has 1 atom stereocenters. The lowest BCUT2D eigenvalue weighted by Gasteiger charge is -2.31. The van der Waals surface area contributed by atoms with Gasteiger partial charge in [0.25, 0.3) is 5.91 Å². The quantitative estimate of drug-likeness (QED) is 0.599. The number of hydrogen-bond donors (Lipinski definition) is 1. The van der Waals surface area contributed by atoms with Gasteiger partial charge in [0.1, 0.15) is 17.6 Å². The number of nitrogens with one attached hydrogen (secondary N) is 1. The lowest BCUT2D eigenvalue weighted by Crippen LogP contribution is -2.51. The van der Waals surface area contributed by atoms with Crippen molar-refractivity contribution in [2.45, 2.75) is 59.7 Å². The number of ether oxygens (including phenoxy) is 1. The molecule has 0 saturated heterocycles. The van der Waals surface area contributed by atoms with Crippen molar-refractivity contribution in [2.75, 3.05) is 6.61 Å². The Bertz CT molecular complexity index is 893. The van der Waals surface area contributed by atoms with Gasteiger partial charge in [-0.3, -0.25) is 9.59 Å². The summed E-state index contributed by atoms with van der Waals surface area (Å²) in [4.78, 5) is 27.4. The van der Waals surface area contributed by atoms with Crippen LogP contribution in [0.2, 0.25) is 5.02 Å². The summed E-state index contributed by atoms with van der Waals surface area (Å²) < 4.78 is 19.0. The minimum absolute atomic E-state index is 0.0550. The van der Waals surface area contributed by atoms with E-state index in [1.807, 2.05) is 34.6 Å². The van der Waals surface area contributed by atoms with E-state index in [0.717, 1.165) is 16.7 Å². The first-order valence-corrected chi connectivity index (χ1v) is 10.7. The minimum atomic E-state index is -0.669. The van der Waals surface area contributed by atoms with Crippen LogP contribution in [0.15, 0.2) is 36.4 Å². The average Bonchev–Trinajstić information content (AvgIpc) is 2.70. The monoisotopic (exact) mass is 448 g/mol. The SMILES string of the molecule is CC[C@H](C(=O)NC(C)C)N(Cc1ccc(F)cc1)C(=O)COc1cc(C)c(Cl)c(C)c1. The first-order chi connectivity index (χ1) is 14.6. The molecule has 0 aliphatic carbocycles. The molecular formula is C24H30ClFN2O3. The van der Waals surface area contributed by atoms with E-state index >= 15 is 0 Å². The lowest BCUT2D eigenvalue weighted by molar-refractivity contribution is -0.143. The molecule has 2 aromatic carbocycles. The summed E-state index contributed by atoms with van der Waals surface area (Å²) in [6.45, 7) is 9.26. The zero-order valence-corrected chi connectivity index (χ0v) is 19.4. The Labute approximate surface area is 188 Å². The average molecular weight is 449 g/mol. The first-order valence-electron chi connectivity index (χ1n) is 10.4. The number of benzene rings is 2. The second-order valence-corrected chi connectivity index (χ2v) is 8.27. The molecule has 2 aromatic rings. The number of amides is 2. The van der Waals surface area contributed by atoms with Crippen LogP contribution in [0, 0.1) is 19.7 Å². The predicted molar refractivity (Wildman–Crippen MR) is 121 cm³/mol. The van der Waals surface area contributed by atoms with Crippen LogP contribution in [0.4, 0.5) is 4.39 Å². The van der Waals surface area contributed by atoms with Crippen molar-refractivity contribution in [3.63, 3.8) is 0 Å². The number of halogens is 2. The van der Waals surface area contributed by atoms with E-state index in [4.69, 9.17) is 16.3 Å². The summed E-state index contributed by atoms with van der Waals surface area (Å²) in [5, 5.41) is 3.53. The minimum Gasteiger partial charge on any atom is -0.484 e. The van der Waals surface area contributed by atoms with Crippen LogP contribution in [-0.2, 0) is 16.1 Å². The van der Waals surface area contributed by atoms with E-state index in [1.54, 1.807) is 24.3 Å². The number of carbonyl (C=O) groups is 2. The molecule has 31 heavy (non-hydrogen) atoms. The molecule has 7 heteroatoms. The Kier molecular flexibility index (Phi) is 8.87. The van der Waals surface area contributed by atoms with E-state index in [9.17, 15) is 14.0 Å². The second kappa shape index (κ2) is 11.1. The zero-order valence-electron chi connectivity index (χ0n) is 18.7. The molecule has 0 unspecified atom stereocenters. The number of aryl methyl sites for hydroxylation is 2. The number of carbonyl (C=O) groups excluding carboxylic acids is 2. The Hall–Kier alpha value is -2.60. The molecule has 2 rings (SSSR count). The molecule has 168 valence electrons. The van der Waals surface area contributed by atoms with Crippen molar-refractivity contribution >= 4 is 23.4 Å². The van der Waals surface area contributed by atoms with Gasteiger partial charge < -0.3 is 15.0 Å². The van der Waals surface area contributed by atoms with Crippen LogP contribution in [-0.4, -0.2) is 35.4 Å². The van der Waals surface area contributed by atoms with Gasteiger partial charge in [-0.05, 0) is 75.1 Å². The van der Waals surface area contributed by atoms with Gasteiger partial charge in [0, 0.05) is 17.6 Å². The summed E-state index contributed by atoms with van der Waals surface area (Å²) >= 11 is 6.20. The maximum Gasteiger partial charge on any atom is 0.261 e. The molecule has 0 aliphatic heterocycles. The molecule has 0 spiro atoms.